The average Bonchev–Trinajstić information content (AvgIpc) is 2.76. The predicted octanol–water partition coefficient (Wildman–Crippen LogP) is 4.24. The molecule has 3 aromatic carbocycles. The maximum absolute atomic E-state index is 11.0. The molecule has 0 aromatic heterocycles. The van der Waals surface area contributed by atoms with Gasteiger partial charge in [-0.1, -0.05) is 61.2 Å². The molecular formula is C19H14O. The summed E-state index contributed by atoms with van der Waals surface area (Å²) >= 11 is 0. The van der Waals surface area contributed by atoms with Crippen LogP contribution in [0.25, 0.3) is 21.9 Å². The Morgan fingerprint density at radius 3 is 2.20 bits per heavy atom. The van der Waals surface area contributed by atoms with Gasteiger partial charge in [0.2, 0.25) is 0 Å². The molecule has 1 aliphatic rings. The number of rotatable bonds is 1. The van der Waals surface area contributed by atoms with E-state index in [4.69, 9.17) is 0 Å². The first kappa shape index (κ1) is 11.4. The minimum Gasteiger partial charge on any atom is -0.377 e. The van der Waals surface area contributed by atoms with E-state index in [1.807, 2.05) is 30.3 Å². The van der Waals surface area contributed by atoms with E-state index in [1.165, 1.54) is 5.39 Å². The second-order valence-corrected chi connectivity index (χ2v) is 5.26. The molecule has 0 heterocycles. The Balaban J connectivity index is 2.16. The Labute approximate surface area is 117 Å². The third kappa shape index (κ3) is 1.30. The Kier molecular flexibility index (Phi) is 2.18. The molecular weight excluding hydrogens is 244 g/mol. The summed E-state index contributed by atoms with van der Waals surface area (Å²) in [4.78, 5) is 0. The molecule has 1 nitrogen and oxygen atoms in total. The van der Waals surface area contributed by atoms with Crippen LogP contribution >= 0.6 is 0 Å². The molecule has 96 valence electrons. The average molecular weight is 258 g/mol. The van der Waals surface area contributed by atoms with Crippen molar-refractivity contribution in [2.24, 2.45) is 0 Å². The van der Waals surface area contributed by atoms with Crippen molar-refractivity contribution in [1.29, 1.82) is 0 Å². The highest BCUT2D eigenvalue weighted by molar-refractivity contribution is 5.93. The van der Waals surface area contributed by atoms with E-state index in [-0.39, 0.29) is 0 Å². The van der Waals surface area contributed by atoms with Crippen LogP contribution in [0, 0.1) is 0 Å². The fourth-order valence-electron chi connectivity index (χ4n) is 3.19. The molecule has 1 aliphatic carbocycles. The molecule has 20 heavy (non-hydrogen) atoms. The van der Waals surface area contributed by atoms with Gasteiger partial charge in [0, 0.05) is 5.56 Å². The van der Waals surface area contributed by atoms with Gasteiger partial charge in [-0.05, 0) is 39.6 Å². The van der Waals surface area contributed by atoms with Crippen LogP contribution in [0.2, 0.25) is 0 Å². The van der Waals surface area contributed by atoms with Gasteiger partial charge in [0.25, 0.3) is 0 Å². The van der Waals surface area contributed by atoms with Crippen LogP contribution < -0.4 is 0 Å². The minimum atomic E-state index is -1.09. The van der Waals surface area contributed by atoms with Crippen LogP contribution in [-0.2, 0) is 5.60 Å². The fraction of sp³-hybridized carbons (Fsp3) is 0.0526. The first-order valence-corrected chi connectivity index (χ1v) is 6.73. The van der Waals surface area contributed by atoms with Gasteiger partial charge in [0.15, 0.2) is 0 Å². The minimum absolute atomic E-state index is 0.917. The summed E-state index contributed by atoms with van der Waals surface area (Å²) in [5.41, 5.74) is 2.95. The lowest BCUT2D eigenvalue weighted by molar-refractivity contribution is 0.140. The van der Waals surface area contributed by atoms with Crippen molar-refractivity contribution in [3.05, 3.63) is 84.4 Å². The highest BCUT2D eigenvalue weighted by Gasteiger charge is 2.39. The molecule has 0 saturated carbocycles. The van der Waals surface area contributed by atoms with E-state index < -0.39 is 5.60 Å². The molecule has 1 atom stereocenters. The highest BCUT2D eigenvalue weighted by Crippen LogP contribution is 2.49. The zero-order chi connectivity index (χ0) is 13.7. The van der Waals surface area contributed by atoms with Crippen LogP contribution in [0.1, 0.15) is 11.1 Å². The fourth-order valence-corrected chi connectivity index (χ4v) is 3.19. The van der Waals surface area contributed by atoms with Gasteiger partial charge in [-0.3, -0.25) is 0 Å². The van der Waals surface area contributed by atoms with E-state index >= 15 is 0 Å². The van der Waals surface area contributed by atoms with Crippen LogP contribution in [0.5, 0.6) is 0 Å². The SMILES string of the molecule is C=CC1(O)c2ccccc2-c2cc3ccccc3cc21. The lowest BCUT2D eigenvalue weighted by Crippen LogP contribution is -2.20. The van der Waals surface area contributed by atoms with Gasteiger partial charge in [-0.25, -0.2) is 0 Å². The maximum Gasteiger partial charge on any atom is 0.134 e. The number of hydrogen-bond acceptors (Lipinski definition) is 1. The molecule has 0 aliphatic heterocycles. The summed E-state index contributed by atoms with van der Waals surface area (Å²) in [6.45, 7) is 3.84. The van der Waals surface area contributed by atoms with Gasteiger partial charge in [0.1, 0.15) is 5.60 Å². The van der Waals surface area contributed by atoms with E-state index in [0.29, 0.717) is 0 Å². The van der Waals surface area contributed by atoms with Gasteiger partial charge in [0.05, 0.1) is 0 Å². The van der Waals surface area contributed by atoms with Crippen LogP contribution in [0.4, 0.5) is 0 Å². The summed E-state index contributed by atoms with van der Waals surface area (Å²) in [6.07, 6.45) is 1.63. The lowest BCUT2D eigenvalue weighted by Gasteiger charge is -2.21. The predicted molar refractivity (Wildman–Crippen MR) is 82.6 cm³/mol. The molecule has 3 aromatic rings. The van der Waals surface area contributed by atoms with Crippen molar-refractivity contribution in [3.63, 3.8) is 0 Å². The summed E-state index contributed by atoms with van der Waals surface area (Å²) in [6, 6.07) is 20.5. The van der Waals surface area contributed by atoms with E-state index in [2.05, 4.69) is 36.9 Å². The molecule has 0 radical (unpaired) electrons. The number of benzene rings is 3. The molecule has 0 spiro atoms. The largest absolute Gasteiger partial charge is 0.377 e. The topological polar surface area (TPSA) is 20.2 Å². The van der Waals surface area contributed by atoms with E-state index in [1.54, 1.807) is 6.08 Å². The molecule has 1 unspecified atom stereocenters. The Bertz CT molecular complexity index is 847. The molecule has 0 bridgehead atoms. The van der Waals surface area contributed by atoms with Gasteiger partial charge in [-0.2, -0.15) is 0 Å². The first-order valence-electron chi connectivity index (χ1n) is 6.73. The summed E-state index contributed by atoms with van der Waals surface area (Å²) in [7, 11) is 0. The highest BCUT2D eigenvalue weighted by atomic mass is 16.3. The molecule has 0 fully saturated rings. The van der Waals surface area contributed by atoms with Gasteiger partial charge >= 0.3 is 0 Å². The van der Waals surface area contributed by atoms with Crippen molar-refractivity contribution >= 4 is 10.8 Å². The number of hydrogen-bond donors (Lipinski definition) is 1. The molecule has 4 rings (SSSR count). The molecule has 1 N–H and O–H groups in total. The van der Waals surface area contributed by atoms with Crippen LogP contribution in [0.15, 0.2) is 73.3 Å². The molecule has 0 saturated heterocycles. The maximum atomic E-state index is 11.0. The summed E-state index contributed by atoms with van der Waals surface area (Å²) in [5, 5.41) is 13.4. The van der Waals surface area contributed by atoms with E-state index in [9.17, 15) is 5.11 Å². The van der Waals surface area contributed by atoms with E-state index in [0.717, 1.165) is 27.6 Å². The van der Waals surface area contributed by atoms with Gasteiger partial charge in [-0.15, -0.1) is 0 Å². The van der Waals surface area contributed by atoms with Crippen molar-refractivity contribution in [1.82, 2.24) is 0 Å². The summed E-state index contributed by atoms with van der Waals surface area (Å²) < 4.78 is 0. The number of aliphatic hydroxyl groups is 1. The lowest BCUT2D eigenvalue weighted by atomic mass is 9.90. The zero-order valence-corrected chi connectivity index (χ0v) is 11.0. The van der Waals surface area contributed by atoms with Crippen molar-refractivity contribution in [2.75, 3.05) is 0 Å². The van der Waals surface area contributed by atoms with Crippen molar-refractivity contribution < 1.29 is 5.11 Å². The normalized spacial score (nSPS) is 19.6. The van der Waals surface area contributed by atoms with Crippen molar-refractivity contribution in [2.45, 2.75) is 5.60 Å². The first-order chi connectivity index (χ1) is 9.74. The number of fused-ring (bicyclic) bond motifs is 4. The van der Waals surface area contributed by atoms with Gasteiger partial charge < -0.3 is 5.11 Å². The second-order valence-electron chi connectivity index (χ2n) is 5.26. The molecule has 0 amide bonds. The second kappa shape index (κ2) is 3.81. The zero-order valence-electron chi connectivity index (χ0n) is 11.0. The third-order valence-corrected chi connectivity index (χ3v) is 4.22. The smallest absolute Gasteiger partial charge is 0.134 e. The Morgan fingerprint density at radius 1 is 0.800 bits per heavy atom. The van der Waals surface area contributed by atoms with Crippen LogP contribution in [-0.4, -0.2) is 5.11 Å². The van der Waals surface area contributed by atoms with Crippen molar-refractivity contribution in [3.8, 4) is 11.1 Å². The standard InChI is InChI=1S/C19H14O/c1-2-19(20)17-10-6-5-9-15(17)16-11-13-7-3-4-8-14(13)12-18(16)19/h2-12,20H,1H2. The van der Waals surface area contributed by atoms with Crippen LogP contribution in [0.3, 0.4) is 0 Å². The third-order valence-electron chi connectivity index (χ3n) is 4.22. The summed E-state index contributed by atoms with van der Waals surface area (Å²) in [5.74, 6) is 0. The molecule has 1 heteroatoms. The Morgan fingerprint density at radius 2 is 1.45 bits per heavy atom. The Hall–Kier alpha value is -2.38. The quantitative estimate of drug-likeness (QED) is 0.647. The monoisotopic (exact) mass is 258 g/mol.